The first-order chi connectivity index (χ1) is 15.7. The van der Waals surface area contributed by atoms with Crippen LogP contribution in [0.25, 0.3) is 0 Å². The molecule has 4 aromatic rings. The van der Waals surface area contributed by atoms with Crippen molar-refractivity contribution in [3.63, 3.8) is 0 Å². The minimum Gasteiger partial charge on any atom is -0.348 e. The van der Waals surface area contributed by atoms with E-state index in [0.717, 1.165) is 35.1 Å². The van der Waals surface area contributed by atoms with Crippen molar-refractivity contribution in [3.8, 4) is 0 Å². The van der Waals surface area contributed by atoms with Gasteiger partial charge in [-0.25, -0.2) is 0 Å². The number of nitrogens with zero attached hydrogens (tertiary/aromatic N) is 1. The number of carbonyl (C=O) groups excluding carboxylic acids is 1. The smallest absolute Gasteiger partial charge is 0.251 e. The van der Waals surface area contributed by atoms with Crippen molar-refractivity contribution in [3.05, 3.63) is 141 Å². The maximum atomic E-state index is 12.8. The SMILES string of the molecule is O=C(NCc1ccc(Cn2ccccc2=O)cc1)c1ccccc1CCc1ccccc1. The van der Waals surface area contributed by atoms with Gasteiger partial charge in [-0.3, -0.25) is 9.59 Å². The Labute approximate surface area is 188 Å². The fourth-order valence-electron chi connectivity index (χ4n) is 3.71. The van der Waals surface area contributed by atoms with Crippen LogP contribution in [0.15, 0.2) is 108 Å². The van der Waals surface area contributed by atoms with Crippen LogP contribution >= 0.6 is 0 Å². The predicted molar refractivity (Wildman–Crippen MR) is 128 cm³/mol. The highest BCUT2D eigenvalue weighted by Crippen LogP contribution is 2.13. The van der Waals surface area contributed by atoms with Crippen molar-refractivity contribution in [2.75, 3.05) is 0 Å². The van der Waals surface area contributed by atoms with Gasteiger partial charge in [0.25, 0.3) is 11.5 Å². The number of aryl methyl sites for hydroxylation is 2. The largest absolute Gasteiger partial charge is 0.348 e. The van der Waals surface area contributed by atoms with E-state index in [-0.39, 0.29) is 11.5 Å². The maximum absolute atomic E-state index is 12.8. The zero-order valence-corrected chi connectivity index (χ0v) is 17.9. The number of hydrogen-bond donors (Lipinski definition) is 1. The van der Waals surface area contributed by atoms with Gasteiger partial charge in [-0.05, 0) is 47.2 Å². The molecule has 0 aliphatic heterocycles. The lowest BCUT2D eigenvalue weighted by atomic mass is 9.99. The molecule has 0 radical (unpaired) electrons. The molecule has 0 saturated carbocycles. The molecule has 0 saturated heterocycles. The molecule has 0 atom stereocenters. The molecule has 0 aliphatic rings. The van der Waals surface area contributed by atoms with Crippen LogP contribution in [0.4, 0.5) is 0 Å². The van der Waals surface area contributed by atoms with Gasteiger partial charge in [0.05, 0.1) is 6.54 Å². The van der Waals surface area contributed by atoms with Crippen LogP contribution in [-0.2, 0) is 25.9 Å². The number of nitrogens with one attached hydrogen (secondary N) is 1. The van der Waals surface area contributed by atoms with Gasteiger partial charge in [0.1, 0.15) is 0 Å². The summed E-state index contributed by atoms with van der Waals surface area (Å²) in [5, 5.41) is 3.04. The van der Waals surface area contributed by atoms with Gasteiger partial charge in [0.2, 0.25) is 0 Å². The zero-order valence-electron chi connectivity index (χ0n) is 17.9. The highest BCUT2D eigenvalue weighted by Gasteiger charge is 2.11. The number of pyridine rings is 1. The van der Waals surface area contributed by atoms with E-state index >= 15 is 0 Å². The topological polar surface area (TPSA) is 51.1 Å². The molecular weight excluding hydrogens is 396 g/mol. The van der Waals surface area contributed by atoms with E-state index in [4.69, 9.17) is 0 Å². The molecule has 160 valence electrons. The quantitative estimate of drug-likeness (QED) is 0.451. The fraction of sp³-hybridized carbons (Fsp3) is 0.143. The van der Waals surface area contributed by atoms with Crippen LogP contribution < -0.4 is 10.9 Å². The van der Waals surface area contributed by atoms with Gasteiger partial charge < -0.3 is 9.88 Å². The summed E-state index contributed by atoms with van der Waals surface area (Å²) in [5.74, 6) is -0.0615. The minimum absolute atomic E-state index is 0.0187. The van der Waals surface area contributed by atoms with Crippen LogP contribution in [0.2, 0.25) is 0 Å². The highest BCUT2D eigenvalue weighted by atomic mass is 16.1. The third-order valence-corrected chi connectivity index (χ3v) is 5.52. The van der Waals surface area contributed by atoms with Gasteiger partial charge in [-0.1, -0.05) is 78.9 Å². The second-order valence-corrected chi connectivity index (χ2v) is 7.81. The number of amides is 1. The van der Waals surface area contributed by atoms with Gasteiger partial charge in [0, 0.05) is 24.4 Å². The molecule has 1 amide bonds. The number of carbonyl (C=O) groups is 1. The van der Waals surface area contributed by atoms with E-state index in [0.29, 0.717) is 13.1 Å². The van der Waals surface area contributed by atoms with Crippen LogP contribution in [0.5, 0.6) is 0 Å². The van der Waals surface area contributed by atoms with Crippen molar-refractivity contribution < 1.29 is 4.79 Å². The summed E-state index contributed by atoms with van der Waals surface area (Å²) in [7, 11) is 0. The van der Waals surface area contributed by atoms with E-state index in [2.05, 4.69) is 17.4 Å². The standard InChI is InChI=1S/C28H26N2O2/c31-27-12-6-7-19-30(27)21-24-15-13-23(14-16-24)20-29-28(32)26-11-5-4-10-25(26)18-17-22-8-2-1-3-9-22/h1-16,19H,17-18,20-21H2,(H,29,32). The zero-order chi connectivity index (χ0) is 22.2. The number of hydrogen-bond acceptors (Lipinski definition) is 2. The van der Waals surface area contributed by atoms with Crippen molar-refractivity contribution in [1.82, 2.24) is 9.88 Å². The molecule has 0 spiro atoms. The second-order valence-electron chi connectivity index (χ2n) is 7.81. The Morgan fingerprint density at radius 2 is 1.38 bits per heavy atom. The van der Waals surface area contributed by atoms with Crippen LogP contribution in [0.3, 0.4) is 0 Å². The summed E-state index contributed by atoms with van der Waals surface area (Å²) >= 11 is 0. The van der Waals surface area contributed by atoms with Crippen molar-refractivity contribution in [1.29, 1.82) is 0 Å². The van der Waals surface area contributed by atoms with E-state index in [1.54, 1.807) is 22.9 Å². The lowest BCUT2D eigenvalue weighted by Crippen LogP contribution is -2.24. The first-order valence-electron chi connectivity index (χ1n) is 10.8. The molecule has 1 heterocycles. The molecule has 4 nitrogen and oxygen atoms in total. The van der Waals surface area contributed by atoms with Crippen molar-refractivity contribution >= 4 is 5.91 Å². The molecule has 4 rings (SSSR count). The summed E-state index contributed by atoms with van der Waals surface area (Å²) in [5.41, 5.74) is 5.08. The summed E-state index contributed by atoms with van der Waals surface area (Å²) in [6.45, 7) is 0.985. The number of rotatable bonds is 8. The molecule has 3 aromatic carbocycles. The predicted octanol–water partition coefficient (Wildman–Crippen LogP) is 4.61. The highest BCUT2D eigenvalue weighted by molar-refractivity contribution is 5.95. The molecular formula is C28H26N2O2. The normalized spacial score (nSPS) is 10.6. The van der Waals surface area contributed by atoms with Crippen LogP contribution in [0, 0.1) is 0 Å². The molecule has 1 aromatic heterocycles. The summed E-state index contributed by atoms with van der Waals surface area (Å²) < 4.78 is 1.67. The van der Waals surface area contributed by atoms with Crippen molar-refractivity contribution in [2.24, 2.45) is 0 Å². The Kier molecular flexibility index (Phi) is 6.93. The number of aromatic nitrogens is 1. The van der Waals surface area contributed by atoms with Gasteiger partial charge in [0.15, 0.2) is 0 Å². The first-order valence-corrected chi connectivity index (χ1v) is 10.8. The third kappa shape index (κ3) is 5.61. The lowest BCUT2D eigenvalue weighted by Gasteiger charge is -2.11. The Bertz CT molecular complexity index is 1230. The molecule has 0 aliphatic carbocycles. The minimum atomic E-state index is -0.0615. The Morgan fingerprint density at radius 1 is 0.688 bits per heavy atom. The fourth-order valence-corrected chi connectivity index (χ4v) is 3.71. The number of benzene rings is 3. The first kappa shape index (κ1) is 21.3. The Morgan fingerprint density at radius 3 is 2.16 bits per heavy atom. The molecule has 32 heavy (non-hydrogen) atoms. The molecule has 0 fully saturated rings. The van der Waals surface area contributed by atoms with Gasteiger partial charge in [-0.2, -0.15) is 0 Å². The van der Waals surface area contributed by atoms with E-state index in [1.165, 1.54) is 5.56 Å². The monoisotopic (exact) mass is 422 g/mol. The third-order valence-electron chi connectivity index (χ3n) is 5.52. The second kappa shape index (κ2) is 10.4. The van der Waals surface area contributed by atoms with E-state index < -0.39 is 0 Å². The average molecular weight is 423 g/mol. The molecule has 0 bridgehead atoms. The summed E-state index contributed by atoms with van der Waals surface area (Å²) in [6, 6.07) is 31.2. The lowest BCUT2D eigenvalue weighted by molar-refractivity contribution is 0.0950. The van der Waals surface area contributed by atoms with Crippen LogP contribution in [0.1, 0.15) is 32.6 Å². The van der Waals surface area contributed by atoms with Crippen molar-refractivity contribution in [2.45, 2.75) is 25.9 Å². The molecule has 0 unspecified atom stereocenters. The summed E-state index contributed by atoms with van der Waals surface area (Å²) in [4.78, 5) is 24.7. The molecule has 1 N–H and O–H groups in total. The van der Waals surface area contributed by atoms with Gasteiger partial charge >= 0.3 is 0 Å². The van der Waals surface area contributed by atoms with Crippen LogP contribution in [-0.4, -0.2) is 10.5 Å². The summed E-state index contributed by atoms with van der Waals surface area (Å²) in [6.07, 6.45) is 3.50. The Hall–Kier alpha value is -3.92. The maximum Gasteiger partial charge on any atom is 0.251 e. The average Bonchev–Trinajstić information content (AvgIpc) is 2.84. The van der Waals surface area contributed by atoms with E-state index in [1.807, 2.05) is 72.8 Å². The van der Waals surface area contributed by atoms with E-state index in [9.17, 15) is 9.59 Å². The Balaban J connectivity index is 1.35. The van der Waals surface area contributed by atoms with Gasteiger partial charge in [-0.15, -0.1) is 0 Å². The molecule has 4 heteroatoms.